The third kappa shape index (κ3) is 31.7. The molecule has 2 N–H and O–H groups in total. The SMILES string of the molecule is CCCCCCCCCCCCCCCCCCOCC(COC(=O)CCCCCCCCCCN)OCC. The molecule has 1 atom stereocenters. The van der Waals surface area contributed by atoms with E-state index in [2.05, 4.69) is 6.92 Å². The molecule has 1 unspecified atom stereocenters. The average molecular weight is 556 g/mol. The molecular formula is C34H69NO4. The second-order valence-corrected chi connectivity index (χ2v) is 11.5. The molecule has 0 aliphatic carbocycles. The van der Waals surface area contributed by atoms with Crippen molar-refractivity contribution < 1.29 is 19.0 Å². The summed E-state index contributed by atoms with van der Waals surface area (Å²) in [4.78, 5) is 12.1. The zero-order valence-electron chi connectivity index (χ0n) is 26.5. The van der Waals surface area contributed by atoms with Crippen molar-refractivity contribution in [3.05, 3.63) is 0 Å². The maximum atomic E-state index is 12.1. The van der Waals surface area contributed by atoms with Gasteiger partial charge in [-0.1, -0.05) is 142 Å². The highest BCUT2D eigenvalue weighted by atomic mass is 16.6. The van der Waals surface area contributed by atoms with Crippen LogP contribution in [-0.4, -0.2) is 45.0 Å². The minimum Gasteiger partial charge on any atom is -0.463 e. The van der Waals surface area contributed by atoms with Gasteiger partial charge in [-0.05, 0) is 32.7 Å². The highest BCUT2D eigenvalue weighted by molar-refractivity contribution is 5.69. The highest BCUT2D eigenvalue weighted by Gasteiger charge is 2.12. The molecule has 0 aromatic carbocycles. The molecule has 0 aromatic rings. The van der Waals surface area contributed by atoms with Gasteiger partial charge in [-0.15, -0.1) is 0 Å². The summed E-state index contributed by atoms with van der Waals surface area (Å²) >= 11 is 0. The van der Waals surface area contributed by atoms with E-state index in [0.717, 1.165) is 38.8 Å². The molecular weight excluding hydrogens is 486 g/mol. The summed E-state index contributed by atoms with van der Waals surface area (Å²) in [6.45, 7) is 7.24. The molecule has 0 aliphatic rings. The zero-order chi connectivity index (χ0) is 28.5. The van der Waals surface area contributed by atoms with Gasteiger partial charge >= 0.3 is 5.97 Å². The van der Waals surface area contributed by atoms with Crippen LogP contribution in [0.3, 0.4) is 0 Å². The third-order valence-corrected chi connectivity index (χ3v) is 7.61. The molecule has 0 amide bonds. The lowest BCUT2D eigenvalue weighted by atomic mass is 10.0. The lowest BCUT2D eigenvalue weighted by molar-refractivity contribution is -0.149. The molecule has 0 radical (unpaired) electrons. The van der Waals surface area contributed by atoms with E-state index in [9.17, 15) is 4.79 Å². The molecule has 0 rings (SSSR count). The number of nitrogens with two attached hydrogens (primary N) is 1. The molecule has 5 heteroatoms. The Morgan fingerprint density at radius 1 is 0.564 bits per heavy atom. The normalized spacial score (nSPS) is 12.2. The van der Waals surface area contributed by atoms with Gasteiger partial charge in [0.25, 0.3) is 0 Å². The minimum atomic E-state index is -0.159. The van der Waals surface area contributed by atoms with Crippen LogP contribution in [0.4, 0.5) is 0 Å². The third-order valence-electron chi connectivity index (χ3n) is 7.61. The summed E-state index contributed by atoms with van der Waals surface area (Å²) in [5, 5.41) is 0. The molecule has 0 saturated carbocycles. The molecule has 0 spiro atoms. The number of hydrogen-bond donors (Lipinski definition) is 1. The van der Waals surface area contributed by atoms with Gasteiger partial charge in [-0.3, -0.25) is 4.79 Å². The van der Waals surface area contributed by atoms with E-state index in [1.54, 1.807) is 0 Å². The van der Waals surface area contributed by atoms with Crippen molar-refractivity contribution in [2.45, 2.75) is 180 Å². The van der Waals surface area contributed by atoms with Crippen LogP contribution in [0.25, 0.3) is 0 Å². The van der Waals surface area contributed by atoms with Crippen LogP contribution in [-0.2, 0) is 19.0 Å². The Bertz CT molecular complexity index is 474. The molecule has 0 saturated heterocycles. The number of ether oxygens (including phenoxy) is 3. The fourth-order valence-electron chi connectivity index (χ4n) is 5.08. The number of rotatable bonds is 33. The van der Waals surface area contributed by atoms with Crippen molar-refractivity contribution in [2.24, 2.45) is 5.73 Å². The number of unbranched alkanes of at least 4 members (excludes halogenated alkanes) is 22. The van der Waals surface area contributed by atoms with Crippen LogP contribution < -0.4 is 5.73 Å². The lowest BCUT2D eigenvalue weighted by Crippen LogP contribution is -2.27. The second kappa shape index (κ2) is 33.6. The standard InChI is InChI=1S/C34H69NO4/c1-3-5-6-7-8-9-10-11-12-13-14-15-18-21-24-27-30-37-31-33(38-4-2)32-39-34(36)28-25-22-19-16-17-20-23-26-29-35/h33H,3-32,35H2,1-2H3. The lowest BCUT2D eigenvalue weighted by Gasteiger charge is -2.17. The van der Waals surface area contributed by atoms with Gasteiger partial charge in [0.2, 0.25) is 0 Å². The van der Waals surface area contributed by atoms with Crippen LogP contribution in [0, 0.1) is 0 Å². The zero-order valence-corrected chi connectivity index (χ0v) is 26.5. The van der Waals surface area contributed by atoms with Gasteiger partial charge in [0.15, 0.2) is 0 Å². The van der Waals surface area contributed by atoms with Gasteiger partial charge in [-0.25, -0.2) is 0 Å². The summed E-state index contributed by atoms with van der Waals surface area (Å²) in [6.07, 6.45) is 31.8. The Morgan fingerprint density at radius 3 is 1.46 bits per heavy atom. The van der Waals surface area contributed by atoms with Crippen LogP contribution >= 0.6 is 0 Å². The first kappa shape index (κ1) is 38.4. The van der Waals surface area contributed by atoms with Crippen molar-refractivity contribution in [3.8, 4) is 0 Å². The smallest absolute Gasteiger partial charge is 0.305 e. The highest BCUT2D eigenvalue weighted by Crippen LogP contribution is 2.14. The first-order chi connectivity index (χ1) is 19.2. The first-order valence-electron chi connectivity index (χ1n) is 17.3. The first-order valence-corrected chi connectivity index (χ1v) is 17.3. The average Bonchev–Trinajstić information content (AvgIpc) is 2.94. The molecule has 0 fully saturated rings. The van der Waals surface area contributed by atoms with Gasteiger partial charge in [0.1, 0.15) is 12.7 Å². The second-order valence-electron chi connectivity index (χ2n) is 11.5. The Labute approximate surface area is 244 Å². The van der Waals surface area contributed by atoms with E-state index in [1.165, 1.54) is 128 Å². The molecule has 0 aliphatic heterocycles. The van der Waals surface area contributed by atoms with Crippen molar-refractivity contribution >= 4 is 5.97 Å². The van der Waals surface area contributed by atoms with Crippen LogP contribution in [0.2, 0.25) is 0 Å². The number of carbonyl (C=O) groups is 1. The van der Waals surface area contributed by atoms with Crippen molar-refractivity contribution in [2.75, 3.05) is 33.0 Å². The number of hydrogen-bond acceptors (Lipinski definition) is 5. The van der Waals surface area contributed by atoms with E-state index in [-0.39, 0.29) is 12.1 Å². The molecule has 0 heterocycles. The maximum Gasteiger partial charge on any atom is 0.305 e. The summed E-state index contributed by atoms with van der Waals surface area (Å²) in [5.74, 6) is -0.111. The van der Waals surface area contributed by atoms with Gasteiger partial charge < -0.3 is 19.9 Å². The van der Waals surface area contributed by atoms with Crippen LogP contribution in [0.15, 0.2) is 0 Å². The topological polar surface area (TPSA) is 70.8 Å². The number of carbonyl (C=O) groups excluding carboxylic acids is 1. The molecule has 39 heavy (non-hydrogen) atoms. The van der Waals surface area contributed by atoms with E-state index in [4.69, 9.17) is 19.9 Å². The fourth-order valence-corrected chi connectivity index (χ4v) is 5.08. The van der Waals surface area contributed by atoms with Gasteiger partial charge in [0, 0.05) is 19.6 Å². The summed E-state index contributed by atoms with van der Waals surface area (Å²) in [7, 11) is 0. The van der Waals surface area contributed by atoms with Crippen molar-refractivity contribution in [3.63, 3.8) is 0 Å². The Hall–Kier alpha value is -0.650. The molecule has 234 valence electrons. The predicted molar refractivity (Wildman–Crippen MR) is 167 cm³/mol. The molecule has 0 aromatic heterocycles. The Balaban J connectivity index is 3.47. The minimum absolute atomic E-state index is 0.111. The van der Waals surface area contributed by atoms with E-state index >= 15 is 0 Å². The van der Waals surface area contributed by atoms with Crippen LogP contribution in [0.5, 0.6) is 0 Å². The van der Waals surface area contributed by atoms with Gasteiger partial charge in [-0.2, -0.15) is 0 Å². The quantitative estimate of drug-likeness (QED) is 0.0644. The number of esters is 1. The predicted octanol–water partition coefficient (Wildman–Crippen LogP) is 9.68. The maximum absolute atomic E-state index is 12.1. The van der Waals surface area contributed by atoms with Gasteiger partial charge in [0.05, 0.1) is 6.61 Å². The molecule has 5 nitrogen and oxygen atoms in total. The largest absolute Gasteiger partial charge is 0.463 e. The van der Waals surface area contributed by atoms with E-state index in [1.807, 2.05) is 6.92 Å². The fraction of sp³-hybridized carbons (Fsp3) is 0.971. The summed E-state index contributed by atoms with van der Waals surface area (Å²) < 4.78 is 17.0. The van der Waals surface area contributed by atoms with E-state index in [0.29, 0.717) is 26.2 Å². The monoisotopic (exact) mass is 556 g/mol. The Kier molecular flexibility index (Phi) is 33.0. The molecule has 0 bridgehead atoms. The summed E-state index contributed by atoms with van der Waals surface area (Å²) in [5.41, 5.74) is 5.52. The van der Waals surface area contributed by atoms with Crippen molar-refractivity contribution in [1.29, 1.82) is 0 Å². The van der Waals surface area contributed by atoms with Crippen molar-refractivity contribution in [1.82, 2.24) is 0 Å². The van der Waals surface area contributed by atoms with E-state index < -0.39 is 0 Å². The summed E-state index contributed by atoms with van der Waals surface area (Å²) in [6, 6.07) is 0. The Morgan fingerprint density at radius 2 is 1.00 bits per heavy atom. The van der Waals surface area contributed by atoms with Crippen LogP contribution in [0.1, 0.15) is 174 Å².